The normalized spacial score (nSPS) is 18.6. The van der Waals surface area contributed by atoms with Crippen LogP contribution < -0.4 is 5.32 Å². The fourth-order valence-corrected chi connectivity index (χ4v) is 2.12. The van der Waals surface area contributed by atoms with E-state index in [0.29, 0.717) is 37.6 Å². The highest BCUT2D eigenvalue weighted by Gasteiger charge is 2.35. The van der Waals surface area contributed by atoms with Crippen LogP contribution in [-0.4, -0.2) is 41.4 Å². The van der Waals surface area contributed by atoms with Gasteiger partial charge in [0, 0.05) is 20.1 Å². The van der Waals surface area contributed by atoms with Gasteiger partial charge in [0.2, 0.25) is 5.76 Å². The zero-order valence-corrected chi connectivity index (χ0v) is 10.7. The number of aromatic nitrogens is 1. The van der Waals surface area contributed by atoms with E-state index in [9.17, 15) is 9.90 Å². The second-order valence-corrected chi connectivity index (χ2v) is 4.65. The molecular formula is C12H18N2O4. The quantitative estimate of drug-likeness (QED) is 0.823. The van der Waals surface area contributed by atoms with Crippen LogP contribution >= 0.6 is 0 Å². The van der Waals surface area contributed by atoms with Crippen LogP contribution in [0.4, 0.5) is 0 Å². The van der Waals surface area contributed by atoms with Crippen LogP contribution in [0.1, 0.15) is 35.0 Å². The summed E-state index contributed by atoms with van der Waals surface area (Å²) in [6.07, 6.45) is 1.20. The van der Waals surface area contributed by atoms with Crippen molar-refractivity contribution < 1.29 is 19.1 Å². The van der Waals surface area contributed by atoms with Gasteiger partial charge < -0.3 is 19.6 Å². The zero-order chi connectivity index (χ0) is 13.2. The summed E-state index contributed by atoms with van der Waals surface area (Å²) in [5, 5.41) is 12.3. The highest BCUT2D eigenvalue weighted by molar-refractivity contribution is 5.93. The Morgan fingerprint density at radius 2 is 2.11 bits per heavy atom. The lowest BCUT2D eigenvalue weighted by molar-refractivity contribution is 0.0119. The van der Waals surface area contributed by atoms with Gasteiger partial charge in [-0.15, -0.1) is 0 Å². The van der Waals surface area contributed by atoms with Gasteiger partial charge >= 0.3 is 0 Å². The number of hydrogen-bond acceptors (Lipinski definition) is 5. The zero-order valence-electron chi connectivity index (χ0n) is 10.7. The molecule has 18 heavy (non-hydrogen) atoms. The summed E-state index contributed by atoms with van der Waals surface area (Å²) >= 11 is 0. The second kappa shape index (κ2) is 5.07. The summed E-state index contributed by atoms with van der Waals surface area (Å²) in [5.41, 5.74) is -0.0483. The Kier molecular flexibility index (Phi) is 3.68. The summed E-state index contributed by atoms with van der Waals surface area (Å²) in [6.45, 7) is 4.39. The van der Waals surface area contributed by atoms with Crippen LogP contribution in [-0.2, 0) is 4.74 Å². The first-order valence-electron chi connectivity index (χ1n) is 6.01. The van der Waals surface area contributed by atoms with Crippen LogP contribution in [0.5, 0.6) is 0 Å². The Morgan fingerprint density at radius 1 is 1.44 bits per heavy atom. The molecule has 0 bridgehead atoms. The van der Waals surface area contributed by atoms with Gasteiger partial charge in [0.1, 0.15) is 0 Å². The number of oxazole rings is 1. The Balaban J connectivity index is 2.12. The van der Waals surface area contributed by atoms with E-state index in [2.05, 4.69) is 10.3 Å². The summed E-state index contributed by atoms with van der Waals surface area (Å²) in [4.78, 5) is 16.2. The predicted octanol–water partition coefficient (Wildman–Crippen LogP) is 0.563. The van der Waals surface area contributed by atoms with E-state index in [1.165, 1.54) is 0 Å². The van der Waals surface area contributed by atoms with Gasteiger partial charge in [-0.05, 0) is 19.8 Å². The molecule has 1 saturated heterocycles. The van der Waals surface area contributed by atoms with E-state index >= 15 is 0 Å². The molecule has 100 valence electrons. The molecule has 0 aliphatic carbocycles. The average molecular weight is 254 g/mol. The first-order valence-corrected chi connectivity index (χ1v) is 6.01. The smallest absolute Gasteiger partial charge is 0.289 e. The first-order chi connectivity index (χ1) is 8.56. The molecule has 0 radical (unpaired) electrons. The van der Waals surface area contributed by atoms with Crippen LogP contribution in [0.15, 0.2) is 4.42 Å². The summed E-state index contributed by atoms with van der Waals surface area (Å²) in [6, 6.07) is 0. The van der Waals surface area contributed by atoms with E-state index < -0.39 is 5.54 Å². The molecule has 1 aromatic rings. The standard InChI is InChI=1S/C12H18N2O4/c1-8-10(18-9(2)13-8)11(16)14-12(7-15)3-5-17-6-4-12/h15H,3-7H2,1-2H3,(H,14,16). The maximum atomic E-state index is 12.1. The Bertz CT molecular complexity index is 435. The van der Waals surface area contributed by atoms with Gasteiger partial charge in [0.15, 0.2) is 5.89 Å². The Hall–Kier alpha value is -1.40. The van der Waals surface area contributed by atoms with Gasteiger partial charge in [-0.1, -0.05) is 0 Å². The van der Waals surface area contributed by atoms with Crippen molar-refractivity contribution in [2.45, 2.75) is 32.2 Å². The molecule has 2 N–H and O–H groups in total. The fraction of sp³-hybridized carbons (Fsp3) is 0.667. The molecule has 2 heterocycles. The topological polar surface area (TPSA) is 84.6 Å². The number of aliphatic hydroxyl groups is 1. The molecule has 0 saturated carbocycles. The maximum Gasteiger partial charge on any atom is 0.289 e. The summed E-state index contributed by atoms with van der Waals surface area (Å²) in [7, 11) is 0. The van der Waals surface area contributed by atoms with Crippen molar-refractivity contribution in [3.63, 3.8) is 0 Å². The van der Waals surface area contributed by atoms with E-state index in [1.807, 2.05) is 0 Å². The van der Waals surface area contributed by atoms with Gasteiger partial charge in [0.05, 0.1) is 17.8 Å². The molecule has 1 aromatic heterocycles. The number of carbonyl (C=O) groups is 1. The number of nitrogens with one attached hydrogen (secondary N) is 1. The maximum absolute atomic E-state index is 12.1. The minimum Gasteiger partial charge on any atom is -0.436 e. The van der Waals surface area contributed by atoms with Crippen LogP contribution in [0.3, 0.4) is 0 Å². The summed E-state index contributed by atoms with van der Waals surface area (Å²) in [5.74, 6) is 0.346. The van der Waals surface area contributed by atoms with Gasteiger partial charge in [-0.25, -0.2) is 4.98 Å². The number of aliphatic hydroxyl groups excluding tert-OH is 1. The highest BCUT2D eigenvalue weighted by Crippen LogP contribution is 2.21. The number of rotatable bonds is 3. The first kappa shape index (κ1) is 13.0. The highest BCUT2D eigenvalue weighted by atomic mass is 16.5. The molecule has 1 aliphatic rings. The van der Waals surface area contributed by atoms with Crippen molar-refractivity contribution in [3.05, 3.63) is 17.3 Å². The summed E-state index contributed by atoms with van der Waals surface area (Å²) < 4.78 is 10.5. The van der Waals surface area contributed by atoms with Crippen molar-refractivity contribution >= 4 is 5.91 Å². The van der Waals surface area contributed by atoms with E-state index in [0.717, 1.165) is 0 Å². The third-order valence-electron chi connectivity index (χ3n) is 3.24. The number of amides is 1. The number of ether oxygens (including phenoxy) is 1. The third-order valence-corrected chi connectivity index (χ3v) is 3.24. The Morgan fingerprint density at radius 3 is 2.61 bits per heavy atom. The van der Waals surface area contributed by atoms with Crippen LogP contribution in [0, 0.1) is 13.8 Å². The van der Waals surface area contributed by atoms with Gasteiger partial charge in [-0.3, -0.25) is 4.79 Å². The molecule has 1 amide bonds. The van der Waals surface area contributed by atoms with Crippen LogP contribution in [0.2, 0.25) is 0 Å². The van der Waals surface area contributed by atoms with Crippen LogP contribution in [0.25, 0.3) is 0 Å². The molecular weight excluding hydrogens is 236 g/mol. The minimum absolute atomic E-state index is 0.103. The molecule has 1 aliphatic heterocycles. The molecule has 0 atom stereocenters. The largest absolute Gasteiger partial charge is 0.436 e. The van der Waals surface area contributed by atoms with Crippen molar-refractivity contribution in [2.24, 2.45) is 0 Å². The fourth-order valence-electron chi connectivity index (χ4n) is 2.12. The average Bonchev–Trinajstić information content (AvgIpc) is 2.70. The van der Waals surface area contributed by atoms with Crippen molar-refractivity contribution in [1.29, 1.82) is 0 Å². The third kappa shape index (κ3) is 2.54. The molecule has 6 nitrogen and oxygen atoms in total. The lowest BCUT2D eigenvalue weighted by atomic mass is 9.91. The number of carbonyl (C=O) groups excluding carboxylic acids is 1. The number of aryl methyl sites for hydroxylation is 2. The Labute approximate surface area is 105 Å². The van der Waals surface area contributed by atoms with Gasteiger partial charge in [0.25, 0.3) is 5.91 Å². The lowest BCUT2D eigenvalue weighted by Gasteiger charge is -2.35. The monoisotopic (exact) mass is 254 g/mol. The van der Waals surface area contributed by atoms with Crippen molar-refractivity contribution in [1.82, 2.24) is 10.3 Å². The second-order valence-electron chi connectivity index (χ2n) is 4.65. The van der Waals surface area contributed by atoms with Gasteiger partial charge in [-0.2, -0.15) is 0 Å². The molecule has 0 unspecified atom stereocenters. The minimum atomic E-state index is -0.609. The molecule has 0 aromatic carbocycles. The molecule has 0 spiro atoms. The predicted molar refractivity (Wildman–Crippen MR) is 63.3 cm³/mol. The molecule has 6 heteroatoms. The SMILES string of the molecule is Cc1nc(C)c(C(=O)NC2(CO)CCOCC2)o1. The van der Waals surface area contributed by atoms with E-state index in [4.69, 9.17) is 9.15 Å². The van der Waals surface area contributed by atoms with E-state index in [-0.39, 0.29) is 18.3 Å². The van der Waals surface area contributed by atoms with E-state index in [1.54, 1.807) is 13.8 Å². The number of nitrogens with zero attached hydrogens (tertiary/aromatic N) is 1. The number of hydrogen-bond donors (Lipinski definition) is 2. The van der Waals surface area contributed by atoms with Crippen molar-refractivity contribution in [3.8, 4) is 0 Å². The van der Waals surface area contributed by atoms with Crippen molar-refractivity contribution in [2.75, 3.05) is 19.8 Å². The molecule has 2 rings (SSSR count). The lowest BCUT2D eigenvalue weighted by Crippen LogP contribution is -2.54. The molecule has 1 fully saturated rings.